The quantitative estimate of drug-likeness (QED) is 0.254. The third kappa shape index (κ3) is 4.39. The number of allylic oxidation sites excluding steroid dienone is 1. The van der Waals surface area contributed by atoms with Gasteiger partial charge in [-0.3, -0.25) is 14.0 Å². The highest BCUT2D eigenvalue weighted by Crippen LogP contribution is 2.19. The van der Waals surface area contributed by atoms with Crippen LogP contribution in [-0.2, 0) is 13.1 Å². The van der Waals surface area contributed by atoms with E-state index >= 15 is 0 Å². The molecule has 0 radical (unpaired) electrons. The van der Waals surface area contributed by atoms with E-state index in [-0.39, 0.29) is 5.56 Å². The third-order valence-corrected chi connectivity index (χ3v) is 5.02. The number of aromatic nitrogens is 4. The zero-order valence-corrected chi connectivity index (χ0v) is 15.0. The highest BCUT2D eigenvalue weighted by atomic mass is 32.2. The molecule has 5 nitrogen and oxygen atoms in total. The fourth-order valence-corrected chi connectivity index (χ4v) is 3.70. The molecule has 1 aromatic carbocycles. The standard InChI is InChI=1S/C19H22N4OS/c1-2-12-23-18(24)16-9-4-5-10-17(16)21-19(23)25-15-7-3-6-13-22-14-8-11-20-22/h2,4-5,8-11,14H,1,3,6-7,12-13,15H2. The molecule has 0 unspecified atom stereocenters. The number of hydrogen-bond donors (Lipinski definition) is 0. The second-order valence-corrected chi connectivity index (χ2v) is 6.86. The van der Waals surface area contributed by atoms with Gasteiger partial charge in [0.1, 0.15) is 0 Å². The van der Waals surface area contributed by atoms with Gasteiger partial charge in [0.2, 0.25) is 0 Å². The number of unbranched alkanes of at least 4 members (excludes halogenated alkanes) is 2. The Balaban J connectivity index is 1.61. The van der Waals surface area contributed by atoms with Crippen molar-refractivity contribution in [3.8, 4) is 0 Å². The van der Waals surface area contributed by atoms with Crippen LogP contribution in [0.2, 0.25) is 0 Å². The first kappa shape index (κ1) is 17.5. The van der Waals surface area contributed by atoms with Crippen molar-refractivity contribution in [2.75, 3.05) is 5.75 Å². The van der Waals surface area contributed by atoms with E-state index in [4.69, 9.17) is 0 Å². The minimum Gasteiger partial charge on any atom is -0.283 e. The first-order valence-electron chi connectivity index (χ1n) is 8.50. The smallest absolute Gasteiger partial charge is 0.262 e. The molecule has 0 spiro atoms. The number of benzene rings is 1. The first-order valence-corrected chi connectivity index (χ1v) is 9.49. The van der Waals surface area contributed by atoms with Gasteiger partial charge < -0.3 is 0 Å². The van der Waals surface area contributed by atoms with Crippen LogP contribution >= 0.6 is 11.8 Å². The van der Waals surface area contributed by atoms with Crippen LogP contribution in [0.1, 0.15) is 19.3 Å². The van der Waals surface area contributed by atoms with E-state index in [9.17, 15) is 4.79 Å². The monoisotopic (exact) mass is 354 g/mol. The number of thioether (sulfide) groups is 1. The van der Waals surface area contributed by atoms with E-state index in [0.29, 0.717) is 11.9 Å². The molecule has 2 aromatic heterocycles. The summed E-state index contributed by atoms with van der Waals surface area (Å²) in [5.41, 5.74) is 0.765. The van der Waals surface area contributed by atoms with Crippen LogP contribution in [0.4, 0.5) is 0 Å². The molecule has 3 aromatic rings. The molecule has 130 valence electrons. The van der Waals surface area contributed by atoms with Gasteiger partial charge in [-0.05, 0) is 31.0 Å². The summed E-state index contributed by atoms with van der Waals surface area (Å²) in [6.07, 6.45) is 8.86. The summed E-state index contributed by atoms with van der Waals surface area (Å²) in [5.74, 6) is 0.945. The lowest BCUT2D eigenvalue weighted by atomic mass is 10.2. The largest absolute Gasteiger partial charge is 0.283 e. The van der Waals surface area contributed by atoms with Crippen LogP contribution in [0.3, 0.4) is 0 Å². The van der Waals surface area contributed by atoms with Crippen LogP contribution in [0.15, 0.2) is 65.3 Å². The Bertz CT molecular complexity index is 886. The Kier molecular flexibility index (Phi) is 6.06. The Morgan fingerprint density at radius 2 is 2.04 bits per heavy atom. The van der Waals surface area contributed by atoms with Gasteiger partial charge in [0.05, 0.1) is 10.9 Å². The maximum Gasteiger partial charge on any atom is 0.262 e. The summed E-state index contributed by atoms with van der Waals surface area (Å²) >= 11 is 1.65. The van der Waals surface area contributed by atoms with E-state index in [1.54, 1.807) is 28.6 Å². The molecule has 0 aliphatic carbocycles. The number of para-hydroxylation sites is 1. The van der Waals surface area contributed by atoms with Crippen molar-refractivity contribution < 1.29 is 0 Å². The second-order valence-electron chi connectivity index (χ2n) is 5.79. The number of nitrogens with zero attached hydrogens (tertiary/aromatic N) is 4. The molecule has 0 bridgehead atoms. The molecule has 0 fully saturated rings. The molecule has 0 atom stereocenters. The van der Waals surface area contributed by atoms with Crippen molar-refractivity contribution in [3.05, 3.63) is 65.7 Å². The van der Waals surface area contributed by atoms with Crippen molar-refractivity contribution in [1.82, 2.24) is 19.3 Å². The SMILES string of the molecule is C=CCn1c(SCCCCCn2cccn2)nc2ccccc2c1=O. The summed E-state index contributed by atoms with van der Waals surface area (Å²) in [7, 11) is 0. The lowest BCUT2D eigenvalue weighted by molar-refractivity contribution is 0.554. The minimum atomic E-state index is 0.00619. The van der Waals surface area contributed by atoms with Crippen molar-refractivity contribution in [1.29, 1.82) is 0 Å². The first-order chi connectivity index (χ1) is 12.3. The van der Waals surface area contributed by atoms with Crippen LogP contribution in [0.5, 0.6) is 0 Å². The van der Waals surface area contributed by atoms with Crippen molar-refractivity contribution in [2.24, 2.45) is 0 Å². The average molecular weight is 354 g/mol. The summed E-state index contributed by atoms with van der Waals surface area (Å²) in [5, 5.41) is 5.64. The van der Waals surface area contributed by atoms with Crippen molar-refractivity contribution in [3.63, 3.8) is 0 Å². The Labute approximate surface area is 151 Å². The van der Waals surface area contributed by atoms with Crippen LogP contribution in [-0.4, -0.2) is 25.1 Å². The number of hydrogen-bond acceptors (Lipinski definition) is 4. The maximum atomic E-state index is 12.7. The fraction of sp³-hybridized carbons (Fsp3) is 0.316. The highest BCUT2D eigenvalue weighted by Gasteiger charge is 2.10. The third-order valence-electron chi connectivity index (χ3n) is 3.96. The topological polar surface area (TPSA) is 52.7 Å². The Hall–Kier alpha value is -2.34. The van der Waals surface area contributed by atoms with Gasteiger partial charge in [-0.15, -0.1) is 6.58 Å². The second kappa shape index (κ2) is 8.67. The van der Waals surface area contributed by atoms with Crippen LogP contribution in [0, 0.1) is 0 Å². The molecule has 0 N–H and O–H groups in total. The molecule has 6 heteroatoms. The van der Waals surface area contributed by atoms with Gasteiger partial charge >= 0.3 is 0 Å². The van der Waals surface area contributed by atoms with Gasteiger partial charge in [0, 0.05) is 31.2 Å². The average Bonchev–Trinajstić information content (AvgIpc) is 3.14. The molecule has 25 heavy (non-hydrogen) atoms. The number of rotatable bonds is 9. The summed E-state index contributed by atoms with van der Waals surface area (Å²) in [6.45, 7) is 5.19. The fourth-order valence-electron chi connectivity index (χ4n) is 2.70. The van der Waals surface area contributed by atoms with Gasteiger partial charge in [-0.1, -0.05) is 36.4 Å². The van der Waals surface area contributed by atoms with Crippen LogP contribution < -0.4 is 5.56 Å². The normalized spacial score (nSPS) is 11.0. The van der Waals surface area contributed by atoms with Gasteiger partial charge in [0.15, 0.2) is 5.16 Å². The van der Waals surface area contributed by atoms with E-state index in [2.05, 4.69) is 16.7 Å². The van der Waals surface area contributed by atoms with Crippen molar-refractivity contribution in [2.45, 2.75) is 37.5 Å². The van der Waals surface area contributed by atoms with E-state index in [1.807, 2.05) is 41.2 Å². The van der Waals surface area contributed by atoms with Gasteiger partial charge in [-0.2, -0.15) is 5.10 Å². The predicted octanol–water partition coefficient (Wildman–Crippen LogP) is 3.74. The molecule has 2 heterocycles. The molecule has 0 saturated heterocycles. The van der Waals surface area contributed by atoms with Crippen molar-refractivity contribution >= 4 is 22.7 Å². The summed E-state index contributed by atoms with van der Waals surface area (Å²) in [4.78, 5) is 17.3. The molecule has 0 aliphatic rings. The molecule has 0 aliphatic heterocycles. The zero-order valence-electron chi connectivity index (χ0n) is 14.2. The zero-order chi connectivity index (χ0) is 17.5. The molecule has 0 saturated carbocycles. The molecule has 0 amide bonds. The maximum absolute atomic E-state index is 12.7. The van der Waals surface area contributed by atoms with E-state index < -0.39 is 0 Å². The molecule has 3 rings (SSSR count). The van der Waals surface area contributed by atoms with Crippen LogP contribution in [0.25, 0.3) is 10.9 Å². The van der Waals surface area contributed by atoms with E-state index in [1.165, 1.54) is 0 Å². The van der Waals surface area contributed by atoms with Gasteiger partial charge in [0.25, 0.3) is 5.56 Å². The lowest BCUT2D eigenvalue weighted by Gasteiger charge is -2.11. The number of fused-ring (bicyclic) bond motifs is 1. The number of aryl methyl sites for hydroxylation is 1. The molecular weight excluding hydrogens is 332 g/mol. The lowest BCUT2D eigenvalue weighted by Crippen LogP contribution is -2.22. The summed E-state index contributed by atoms with van der Waals surface area (Å²) < 4.78 is 3.67. The minimum absolute atomic E-state index is 0.00619. The van der Waals surface area contributed by atoms with Gasteiger partial charge in [-0.25, -0.2) is 4.98 Å². The predicted molar refractivity (Wildman–Crippen MR) is 103 cm³/mol. The van der Waals surface area contributed by atoms with E-state index in [0.717, 1.165) is 42.2 Å². The Morgan fingerprint density at radius 1 is 1.16 bits per heavy atom. The highest BCUT2D eigenvalue weighted by molar-refractivity contribution is 7.99. The summed E-state index contributed by atoms with van der Waals surface area (Å²) in [6, 6.07) is 9.45. The molecular formula is C19H22N4OS. The Morgan fingerprint density at radius 3 is 2.84 bits per heavy atom.